The Morgan fingerprint density at radius 3 is 2.85 bits per heavy atom. The fraction of sp³-hybridized carbons (Fsp3) is 0.579. The molecule has 0 aliphatic carbocycles. The molecule has 2 fully saturated rings. The summed E-state index contributed by atoms with van der Waals surface area (Å²) in [4.78, 5) is 26.9. The number of benzene rings is 1. The van der Waals surface area contributed by atoms with Gasteiger partial charge < -0.3 is 20.3 Å². The zero-order valence-corrected chi connectivity index (χ0v) is 17.1. The van der Waals surface area contributed by atoms with Crippen molar-refractivity contribution in [3.8, 4) is 5.75 Å². The summed E-state index contributed by atoms with van der Waals surface area (Å²) in [6.45, 7) is 2.86. The van der Waals surface area contributed by atoms with Crippen molar-refractivity contribution in [1.82, 2.24) is 15.5 Å². The first-order valence-corrected chi connectivity index (χ1v) is 9.60. The Hall–Kier alpha value is -1.50. The molecule has 2 aliphatic rings. The quantitative estimate of drug-likeness (QED) is 0.774. The zero-order valence-electron chi connectivity index (χ0n) is 15.5. The second-order valence-corrected chi connectivity index (χ2v) is 7.43. The minimum atomic E-state index is -0.0714. The van der Waals surface area contributed by atoms with Crippen LogP contribution in [-0.4, -0.2) is 56.0 Å². The molecule has 1 aromatic rings. The Morgan fingerprint density at radius 2 is 2.15 bits per heavy atom. The number of amides is 2. The fourth-order valence-electron chi connectivity index (χ4n) is 3.71. The maximum atomic E-state index is 12.9. The predicted octanol–water partition coefficient (Wildman–Crippen LogP) is 2.49. The third-order valence-corrected chi connectivity index (χ3v) is 5.38. The number of carbonyl (C=O) groups excluding carboxylic acids is 2. The van der Waals surface area contributed by atoms with E-state index in [9.17, 15) is 9.59 Å². The van der Waals surface area contributed by atoms with Crippen LogP contribution in [-0.2, 0) is 4.79 Å². The molecule has 2 atom stereocenters. The second-order valence-electron chi connectivity index (χ2n) is 7.00. The molecule has 0 radical (unpaired) electrons. The molecule has 8 heteroatoms. The van der Waals surface area contributed by atoms with Gasteiger partial charge in [-0.15, -0.1) is 12.4 Å². The van der Waals surface area contributed by atoms with E-state index >= 15 is 0 Å². The van der Waals surface area contributed by atoms with Gasteiger partial charge in [0.15, 0.2) is 0 Å². The second kappa shape index (κ2) is 10.2. The molecule has 6 nitrogen and oxygen atoms in total. The van der Waals surface area contributed by atoms with Crippen LogP contribution < -0.4 is 15.4 Å². The number of nitrogens with zero attached hydrogens (tertiary/aromatic N) is 1. The summed E-state index contributed by atoms with van der Waals surface area (Å²) >= 11 is 6.05. The molecule has 150 valence electrons. The molecule has 3 rings (SSSR count). The molecule has 0 saturated carbocycles. The Bertz CT molecular complexity index is 666. The van der Waals surface area contributed by atoms with E-state index in [1.165, 1.54) is 0 Å². The Labute approximate surface area is 171 Å². The standard InChI is InChI=1S/C19H26ClN3O3.ClH/c1-26-17-7-6-14(20)10-15(17)19(25)23-9-3-4-13(12-23)11-22-18(24)16-5-2-8-21-16;/h6-7,10,13,16,21H,2-5,8-9,11-12H2,1H3,(H,22,24);1H. The number of hydrogen-bond donors (Lipinski definition) is 2. The highest BCUT2D eigenvalue weighted by atomic mass is 35.5. The number of piperidine rings is 1. The molecular formula is C19H27Cl2N3O3. The number of ether oxygens (including phenoxy) is 1. The van der Waals surface area contributed by atoms with Crippen LogP contribution in [0.15, 0.2) is 18.2 Å². The molecular weight excluding hydrogens is 389 g/mol. The van der Waals surface area contributed by atoms with Gasteiger partial charge in [-0.05, 0) is 56.3 Å². The van der Waals surface area contributed by atoms with Gasteiger partial charge in [0, 0.05) is 24.7 Å². The van der Waals surface area contributed by atoms with E-state index in [1.807, 2.05) is 4.90 Å². The SMILES string of the molecule is COc1ccc(Cl)cc1C(=O)N1CCCC(CNC(=O)C2CCCN2)C1.Cl. The van der Waals surface area contributed by atoms with Gasteiger partial charge in [0.25, 0.3) is 5.91 Å². The van der Waals surface area contributed by atoms with Crippen molar-refractivity contribution in [2.45, 2.75) is 31.7 Å². The van der Waals surface area contributed by atoms with Gasteiger partial charge in [0.1, 0.15) is 5.75 Å². The molecule has 0 bridgehead atoms. The van der Waals surface area contributed by atoms with E-state index in [4.69, 9.17) is 16.3 Å². The van der Waals surface area contributed by atoms with Crippen molar-refractivity contribution in [1.29, 1.82) is 0 Å². The van der Waals surface area contributed by atoms with Crippen LogP contribution in [0.5, 0.6) is 5.75 Å². The van der Waals surface area contributed by atoms with E-state index < -0.39 is 0 Å². The van der Waals surface area contributed by atoms with E-state index in [-0.39, 0.29) is 36.2 Å². The lowest BCUT2D eigenvalue weighted by atomic mass is 9.97. The summed E-state index contributed by atoms with van der Waals surface area (Å²) in [7, 11) is 1.55. The minimum Gasteiger partial charge on any atom is -0.496 e. The van der Waals surface area contributed by atoms with Crippen molar-refractivity contribution in [3.63, 3.8) is 0 Å². The average Bonchev–Trinajstić information content (AvgIpc) is 3.20. The van der Waals surface area contributed by atoms with Gasteiger partial charge in [-0.25, -0.2) is 0 Å². The lowest BCUT2D eigenvalue weighted by Crippen LogP contribution is -2.46. The van der Waals surface area contributed by atoms with Crippen molar-refractivity contribution < 1.29 is 14.3 Å². The Balaban J connectivity index is 0.00000261. The van der Waals surface area contributed by atoms with Crippen molar-refractivity contribution in [3.05, 3.63) is 28.8 Å². The molecule has 27 heavy (non-hydrogen) atoms. The van der Waals surface area contributed by atoms with Gasteiger partial charge in [-0.2, -0.15) is 0 Å². The van der Waals surface area contributed by atoms with Crippen LogP contribution in [0.2, 0.25) is 5.02 Å². The van der Waals surface area contributed by atoms with Crippen LogP contribution in [0.3, 0.4) is 0 Å². The van der Waals surface area contributed by atoms with Crippen molar-refractivity contribution in [2.75, 3.05) is 33.3 Å². The largest absolute Gasteiger partial charge is 0.496 e. The summed E-state index contributed by atoms with van der Waals surface area (Å²) in [5.74, 6) is 0.797. The average molecular weight is 416 g/mol. The van der Waals surface area contributed by atoms with Gasteiger partial charge in [-0.1, -0.05) is 11.6 Å². The van der Waals surface area contributed by atoms with Crippen LogP contribution >= 0.6 is 24.0 Å². The third kappa shape index (κ3) is 5.50. The molecule has 0 spiro atoms. The number of likely N-dealkylation sites (tertiary alicyclic amines) is 1. The first-order valence-electron chi connectivity index (χ1n) is 9.22. The summed E-state index contributed by atoms with van der Waals surface area (Å²) in [5, 5.41) is 6.76. The highest BCUT2D eigenvalue weighted by molar-refractivity contribution is 6.31. The molecule has 2 saturated heterocycles. The van der Waals surface area contributed by atoms with Crippen LogP contribution in [0.4, 0.5) is 0 Å². The summed E-state index contributed by atoms with van der Waals surface area (Å²) in [5.41, 5.74) is 0.486. The van der Waals surface area contributed by atoms with Gasteiger partial charge in [-0.3, -0.25) is 9.59 Å². The number of carbonyl (C=O) groups is 2. The molecule has 1 aromatic carbocycles. The fourth-order valence-corrected chi connectivity index (χ4v) is 3.88. The van der Waals surface area contributed by atoms with Gasteiger partial charge in [0.05, 0.1) is 18.7 Å². The number of hydrogen-bond acceptors (Lipinski definition) is 4. The van der Waals surface area contributed by atoms with Crippen molar-refractivity contribution >= 4 is 35.8 Å². The van der Waals surface area contributed by atoms with Crippen LogP contribution in [0.25, 0.3) is 0 Å². The van der Waals surface area contributed by atoms with Crippen molar-refractivity contribution in [2.24, 2.45) is 5.92 Å². The molecule has 0 aromatic heterocycles. The smallest absolute Gasteiger partial charge is 0.257 e. The van der Waals surface area contributed by atoms with Gasteiger partial charge in [0.2, 0.25) is 5.91 Å². The highest BCUT2D eigenvalue weighted by Gasteiger charge is 2.28. The topological polar surface area (TPSA) is 70.7 Å². The van der Waals surface area contributed by atoms with E-state index in [1.54, 1.807) is 25.3 Å². The third-order valence-electron chi connectivity index (χ3n) is 5.14. The molecule has 2 unspecified atom stereocenters. The number of halogens is 2. The number of nitrogens with one attached hydrogen (secondary N) is 2. The highest BCUT2D eigenvalue weighted by Crippen LogP contribution is 2.26. The number of methoxy groups -OCH3 is 1. The van der Waals surface area contributed by atoms with Gasteiger partial charge >= 0.3 is 0 Å². The van der Waals surface area contributed by atoms with E-state index in [2.05, 4.69) is 10.6 Å². The maximum Gasteiger partial charge on any atom is 0.257 e. The molecule has 2 heterocycles. The van der Waals surface area contributed by atoms with E-state index in [0.29, 0.717) is 36.0 Å². The lowest BCUT2D eigenvalue weighted by Gasteiger charge is -2.33. The minimum absolute atomic E-state index is 0. The van der Waals surface area contributed by atoms with Crippen LogP contribution in [0.1, 0.15) is 36.0 Å². The molecule has 2 N–H and O–H groups in total. The zero-order chi connectivity index (χ0) is 18.5. The monoisotopic (exact) mass is 415 g/mol. The first kappa shape index (κ1) is 21.8. The summed E-state index contributed by atoms with van der Waals surface area (Å²) < 4.78 is 5.30. The maximum absolute atomic E-state index is 12.9. The predicted molar refractivity (Wildman–Crippen MR) is 108 cm³/mol. The normalized spacial score (nSPS) is 22.1. The summed E-state index contributed by atoms with van der Waals surface area (Å²) in [6, 6.07) is 5.01. The summed E-state index contributed by atoms with van der Waals surface area (Å²) in [6.07, 6.45) is 3.88. The van der Waals surface area contributed by atoms with E-state index in [0.717, 1.165) is 32.2 Å². The number of rotatable bonds is 5. The Morgan fingerprint density at radius 1 is 1.33 bits per heavy atom. The first-order chi connectivity index (χ1) is 12.6. The Kier molecular flexibility index (Phi) is 8.20. The molecule has 2 amide bonds. The molecule has 2 aliphatic heterocycles. The lowest BCUT2D eigenvalue weighted by molar-refractivity contribution is -0.123. The van der Waals surface area contributed by atoms with Crippen LogP contribution in [0, 0.1) is 5.92 Å².